The molecule has 3 aliphatic rings. The molecular weight excluding hydrogens is 943 g/mol. The molecule has 0 unspecified atom stereocenters. The lowest BCUT2D eigenvalue weighted by Crippen LogP contribution is -2.52. The van der Waals surface area contributed by atoms with Crippen molar-refractivity contribution in [2.75, 3.05) is 0 Å². The molecule has 18 heteroatoms. The number of halogens is 6. The summed E-state index contributed by atoms with van der Waals surface area (Å²) in [7, 11) is 0. The summed E-state index contributed by atoms with van der Waals surface area (Å²) in [6, 6.07) is 25.0. The van der Waals surface area contributed by atoms with Crippen LogP contribution in [0.2, 0.25) is 0 Å². The van der Waals surface area contributed by atoms with Crippen LogP contribution in [-0.4, -0.2) is 35.1 Å². The van der Waals surface area contributed by atoms with E-state index >= 15 is 0 Å². The molecule has 4 heterocycles. The van der Waals surface area contributed by atoms with Gasteiger partial charge in [0.2, 0.25) is 23.1 Å². The standard InChI is InChI=1S/C49H24F6O9S3/c50-48(51,52)25-11-13-29-31(15-25)37(56)39(58)33(29)17-27-19-35-42(65-27)44-41(64-47(35,45(60)62-21-23-7-3-1-4-8-23)46(61)63-22-24-9-5-2-6-10-24)43-36(67-44)20-28(66-43)18-34-30-14-12-26(49(53,54)55)16-32(30)38(57)40(34)59/h1-20H,21-22H2/b33-17-,34-18-. The fourth-order valence-corrected chi connectivity index (χ4v) is 11.7. The van der Waals surface area contributed by atoms with Crippen molar-refractivity contribution in [3.8, 4) is 15.5 Å². The number of hydrogen-bond donors (Lipinski definition) is 0. The number of thiophene rings is 3. The highest BCUT2D eigenvalue weighted by molar-refractivity contribution is 7.32. The van der Waals surface area contributed by atoms with Crippen molar-refractivity contribution in [3.05, 3.63) is 169 Å². The summed E-state index contributed by atoms with van der Waals surface area (Å²) in [5.41, 5.74) is -5.11. The van der Waals surface area contributed by atoms with Gasteiger partial charge in [-0.25, -0.2) is 9.59 Å². The Kier molecular flexibility index (Phi) is 10.4. The van der Waals surface area contributed by atoms with Gasteiger partial charge >= 0.3 is 29.9 Å². The summed E-state index contributed by atoms with van der Waals surface area (Å²) in [5.74, 6) is -6.72. The van der Waals surface area contributed by atoms with E-state index in [0.717, 1.165) is 58.3 Å². The Morgan fingerprint density at radius 3 is 1.51 bits per heavy atom. The Balaban J connectivity index is 1.13. The molecule has 67 heavy (non-hydrogen) atoms. The largest absolute Gasteiger partial charge is 0.457 e. The molecule has 7 aromatic rings. The number of carbonyl (C=O) groups is 6. The minimum atomic E-state index is -4.79. The monoisotopic (exact) mass is 966 g/mol. The Morgan fingerprint density at radius 1 is 0.552 bits per heavy atom. The van der Waals surface area contributed by atoms with Crippen molar-refractivity contribution in [1.82, 2.24) is 0 Å². The van der Waals surface area contributed by atoms with Crippen molar-refractivity contribution < 1.29 is 69.3 Å². The molecule has 0 atom stereocenters. The zero-order chi connectivity index (χ0) is 47.2. The van der Waals surface area contributed by atoms with Gasteiger partial charge in [-0.2, -0.15) is 26.3 Å². The Labute approximate surface area is 385 Å². The van der Waals surface area contributed by atoms with Gasteiger partial charge in [-0.1, -0.05) is 72.8 Å². The van der Waals surface area contributed by atoms with Crippen molar-refractivity contribution >= 4 is 102 Å². The van der Waals surface area contributed by atoms with Crippen LogP contribution in [0.4, 0.5) is 26.3 Å². The van der Waals surface area contributed by atoms with Crippen LogP contribution in [0.5, 0.6) is 5.75 Å². The normalized spacial score (nSPS) is 16.3. The summed E-state index contributed by atoms with van der Waals surface area (Å²) < 4.78 is 101. The number of allylic oxidation sites excluding steroid dienone is 2. The summed E-state index contributed by atoms with van der Waals surface area (Å²) in [6.07, 6.45) is -6.91. The molecule has 0 amide bonds. The summed E-state index contributed by atoms with van der Waals surface area (Å²) in [5, 5.41) is 0. The van der Waals surface area contributed by atoms with Gasteiger partial charge in [0.1, 0.15) is 13.2 Å². The molecule has 9 nitrogen and oxygen atoms in total. The number of ketones is 4. The Morgan fingerprint density at radius 2 is 1.03 bits per heavy atom. The smallest absolute Gasteiger partial charge is 0.416 e. The average Bonchev–Trinajstić information content (AvgIpc) is 4.10. The van der Waals surface area contributed by atoms with Crippen LogP contribution in [0.15, 0.2) is 109 Å². The summed E-state index contributed by atoms with van der Waals surface area (Å²) >= 11 is 3.16. The van der Waals surface area contributed by atoms with E-state index in [1.54, 1.807) is 66.7 Å². The van der Waals surface area contributed by atoms with E-state index in [1.807, 2.05) is 0 Å². The van der Waals surface area contributed by atoms with Crippen LogP contribution in [0, 0.1) is 0 Å². The topological polar surface area (TPSA) is 130 Å². The van der Waals surface area contributed by atoms with Crippen molar-refractivity contribution in [1.29, 1.82) is 0 Å². The average molecular weight is 967 g/mol. The van der Waals surface area contributed by atoms with E-state index in [9.17, 15) is 55.1 Å². The lowest BCUT2D eigenvalue weighted by molar-refractivity contribution is -0.183. The third kappa shape index (κ3) is 7.41. The highest BCUT2D eigenvalue weighted by Crippen LogP contribution is 2.58. The molecule has 0 spiro atoms. The molecule has 0 saturated heterocycles. The predicted molar refractivity (Wildman–Crippen MR) is 235 cm³/mol. The van der Waals surface area contributed by atoms with Crippen LogP contribution < -0.4 is 4.74 Å². The van der Waals surface area contributed by atoms with Gasteiger partial charge in [0.05, 0.1) is 30.3 Å². The molecule has 0 fully saturated rings. The molecule has 1 aliphatic heterocycles. The molecule has 10 rings (SSSR count). The molecule has 2 aliphatic carbocycles. The first kappa shape index (κ1) is 43.6. The van der Waals surface area contributed by atoms with Gasteiger partial charge in [0.15, 0.2) is 5.75 Å². The van der Waals surface area contributed by atoms with Gasteiger partial charge < -0.3 is 14.2 Å². The van der Waals surface area contributed by atoms with Gasteiger partial charge in [-0.3, -0.25) is 19.2 Å². The minimum Gasteiger partial charge on any atom is -0.457 e. The Bertz CT molecular complexity index is 3320. The predicted octanol–water partition coefficient (Wildman–Crippen LogP) is 11.4. The number of benzene rings is 4. The van der Waals surface area contributed by atoms with Crippen LogP contribution in [0.3, 0.4) is 0 Å². The number of fused-ring (bicyclic) bond motifs is 7. The molecule has 334 valence electrons. The summed E-state index contributed by atoms with van der Waals surface area (Å²) in [6.45, 7) is -0.635. The number of esters is 2. The van der Waals surface area contributed by atoms with Gasteiger partial charge in [-0.15, -0.1) is 34.0 Å². The van der Waals surface area contributed by atoms with E-state index in [4.69, 9.17) is 14.2 Å². The molecular formula is C49H24F6O9S3. The number of hydrogen-bond acceptors (Lipinski definition) is 12. The number of ether oxygens (including phenoxy) is 3. The summed E-state index contributed by atoms with van der Waals surface area (Å²) in [4.78, 5) is 83.4. The highest BCUT2D eigenvalue weighted by atomic mass is 32.1. The SMILES string of the molecule is O=C1C(=O)c2cc(C(F)(F)F)ccc2/C1=C/c1cc2c(s1)-c1sc3cc(/C=C4\C(=O)C(=O)c5cc(C(F)(F)F)ccc54)sc3c1OC2(C(=O)OCc1ccccc1)C(=O)OCc1ccccc1. The van der Waals surface area contributed by atoms with E-state index < -0.39 is 75.3 Å². The third-order valence-electron chi connectivity index (χ3n) is 11.2. The van der Waals surface area contributed by atoms with Crippen LogP contribution in [-0.2, 0) is 59.8 Å². The number of carbonyl (C=O) groups excluding carboxylic acids is 6. The van der Waals surface area contributed by atoms with Crippen LogP contribution in [0.25, 0.3) is 42.5 Å². The number of rotatable bonds is 8. The first-order valence-electron chi connectivity index (χ1n) is 19.8. The Hall–Kier alpha value is -7.28. The lowest BCUT2D eigenvalue weighted by atomic mass is 9.90. The minimum absolute atomic E-state index is 0.00936. The van der Waals surface area contributed by atoms with E-state index in [2.05, 4.69) is 0 Å². The van der Waals surface area contributed by atoms with E-state index in [0.29, 0.717) is 42.4 Å². The second-order valence-electron chi connectivity index (χ2n) is 15.3. The van der Waals surface area contributed by atoms with E-state index in [-0.39, 0.29) is 56.6 Å². The molecule has 0 radical (unpaired) electrons. The zero-order valence-electron chi connectivity index (χ0n) is 33.6. The first-order chi connectivity index (χ1) is 31.9. The number of alkyl halides is 6. The van der Waals surface area contributed by atoms with Crippen molar-refractivity contribution in [2.24, 2.45) is 0 Å². The van der Waals surface area contributed by atoms with Gasteiger partial charge in [0.25, 0.3) is 0 Å². The third-order valence-corrected chi connectivity index (χ3v) is 14.7. The maximum Gasteiger partial charge on any atom is 0.416 e. The number of Topliss-reactive ketones (excluding diaryl/α,β-unsaturated/α-hetero) is 4. The molecule has 0 bridgehead atoms. The van der Waals surface area contributed by atoms with Crippen LogP contribution in [0.1, 0.15) is 69.4 Å². The zero-order valence-corrected chi connectivity index (χ0v) is 36.1. The second-order valence-corrected chi connectivity index (χ2v) is 18.6. The fraction of sp³-hybridized carbons (Fsp3) is 0.102. The van der Waals surface area contributed by atoms with Gasteiger partial charge in [-0.05, 0) is 70.8 Å². The molecule has 0 saturated carbocycles. The molecule has 3 aromatic heterocycles. The lowest BCUT2D eigenvalue weighted by Gasteiger charge is -2.33. The van der Waals surface area contributed by atoms with Crippen molar-refractivity contribution in [3.63, 3.8) is 0 Å². The van der Waals surface area contributed by atoms with Crippen LogP contribution >= 0.6 is 34.0 Å². The van der Waals surface area contributed by atoms with E-state index in [1.165, 1.54) is 18.2 Å². The molecule has 4 aromatic carbocycles. The van der Waals surface area contributed by atoms with Gasteiger partial charge in [0, 0.05) is 37.6 Å². The quantitative estimate of drug-likeness (QED) is 0.0480. The molecule has 0 N–H and O–H groups in total. The maximum absolute atomic E-state index is 14.8. The van der Waals surface area contributed by atoms with Crippen molar-refractivity contribution in [2.45, 2.75) is 31.2 Å². The fourth-order valence-electron chi connectivity index (χ4n) is 7.95. The maximum atomic E-state index is 14.8. The highest BCUT2D eigenvalue weighted by Gasteiger charge is 2.59. The first-order valence-corrected chi connectivity index (χ1v) is 22.2. The second kappa shape index (κ2) is 16.0.